The van der Waals surface area contributed by atoms with Crippen molar-refractivity contribution in [2.24, 2.45) is 0 Å². The summed E-state index contributed by atoms with van der Waals surface area (Å²) in [5, 5.41) is 9.17. The molecule has 1 atom stereocenters. The molecular formula is C12H17NO4. The van der Waals surface area contributed by atoms with Crippen LogP contribution in [0.15, 0.2) is 18.2 Å². The van der Waals surface area contributed by atoms with Crippen molar-refractivity contribution in [2.75, 3.05) is 28.3 Å². The first-order chi connectivity index (χ1) is 8.01. The van der Waals surface area contributed by atoms with Gasteiger partial charge in [0.25, 0.3) is 0 Å². The first-order valence-corrected chi connectivity index (χ1v) is 5.12. The van der Waals surface area contributed by atoms with Crippen LogP contribution in [0.1, 0.15) is 11.6 Å². The zero-order valence-electron chi connectivity index (χ0n) is 10.4. The fraction of sp³-hybridized carbons (Fsp3) is 0.417. The lowest BCUT2D eigenvalue weighted by Crippen LogP contribution is -2.27. The summed E-state index contributed by atoms with van der Waals surface area (Å²) in [5.74, 6) is 0.208. The first kappa shape index (κ1) is 13.3. The van der Waals surface area contributed by atoms with E-state index < -0.39 is 12.0 Å². The topological polar surface area (TPSA) is 59.0 Å². The third-order valence-electron chi connectivity index (χ3n) is 2.47. The highest BCUT2D eigenvalue weighted by atomic mass is 16.5. The number of hydrogen-bond donors (Lipinski definition) is 1. The maximum Gasteiger partial charge on any atom is 0.325 e. The molecule has 1 aromatic rings. The lowest BCUT2D eigenvalue weighted by Gasteiger charge is -2.21. The molecule has 0 aliphatic carbocycles. The van der Waals surface area contributed by atoms with Gasteiger partial charge in [0, 0.05) is 0 Å². The summed E-state index contributed by atoms with van der Waals surface area (Å²) < 4.78 is 10.3. The van der Waals surface area contributed by atoms with Crippen molar-refractivity contribution in [3.8, 4) is 11.5 Å². The normalized spacial score (nSPS) is 12.3. The third kappa shape index (κ3) is 2.88. The lowest BCUT2D eigenvalue weighted by atomic mass is 10.1. The molecule has 5 heteroatoms. The van der Waals surface area contributed by atoms with Crippen molar-refractivity contribution in [3.63, 3.8) is 0 Å². The average molecular weight is 239 g/mol. The van der Waals surface area contributed by atoms with Gasteiger partial charge in [0.05, 0.1) is 14.2 Å². The summed E-state index contributed by atoms with van der Waals surface area (Å²) in [7, 11) is 6.50. The molecule has 0 saturated heterocycles. The van der Waals surface area contributed by atoms with E-state index in [1.165, 1.54) is 14.2 Å². The number of likely N-dealkylation sites (N-methyl/N-ethyl adjacent to an activating group) is 1. The Morgan fingerprint density at radius 3 is 2.24 bits per heavy atom. The number of hydrogen-bond acceptors (Lipinski definition) is 4. The Kier molecular flexibility index (Phi) is 4.34. The minimum Gasteiger partial charge on any atom is -0.493 e. The number of methoxy groups -OCH3 is 2. The standard InChI is InChI=1S/C12H17NO4/c1-13(2)11(12(14)15)8-5-6-9(16-3)10(7-8)17-4/h5-7,11H,1-4H3,(H,14,15). The first-order valence-electron chi connectivity index (χ1n) is 5.12. The number of ether oxygens (including phenoxy) is 2. The fourth-order valence-corrected chi connectivity index (χ4v) is 1.68. The molecule has 0 fully saturated rings. The summed E-state index contributed by atoms with van der Waals surface area (Å²) in [6.07, 6.45) is 0. The number of carboxylic acids is 1. The van der Waals surface area contributed by atoms with Gasteiger partial charge in [-0.1, -0.05) is 6.07 Å². The summed E-state index contributed by atoms with van der Waals surface area (Å²) in [4.78, 5) is 12.8. The van der Waals surface area contributed by atoms with Crippen LogP contribution in [-0.2, 0) is 4.79 Å². The maximum absolute atomic E-state index is 11.2. The Hall–Kier alpha value is -1.75. The Morgan fingerprint density at radius 2 is 1.82 bits per heavy atom. The van der Waals surface area contributed by atoms with Crippen LogP contribution in [0.5, 0.6) is 11.5 Å². The minimum absolute atomic E-state index is 0.526. The van der Waals surface area contributed by atoms with Gasteiger partial charge in [0.15, 0.2) is 11.5 Å². The second-order valence-electron chi connectivity index (χ2n) is 3.82. The number of rotatable bonds is 5. The SMILES string of the molecule is COc1ccc(C(C(=O)O)N(C)C)cc1OC. The summed E-state index contributed by atoms with van der Waals surface area (Å²) in [6, 6.07) is 4.40. The van der Waals surface area contributed by atoms with Crippen molar-refractivity contribution < 1.29 is 19.4 Å². The molecule has 1 unspecified atom stereocenters. The molecule has 0 aliphatic rings. The van der Waals surface area contributed by atoms with Gasteiger partial charge < -0.3 is 14.6 Å². The van der Waals surface area contributed by atoms with Crippen molar-refractivity contribution in [3.05, 3.63) is 23.8 Å². The molecule has 0 aromatic heterocycles. The highest BCUT2D eigenvalue weighted by Gasteiger charge is 2.23. The smallest absolute Gasteiger partial charge is 0.325 e. The van der Waals surface area contributed by atoms with Crippen LogP contribution in [0.25, 0.3) is 0 Å². The van der Waals surface area contributed by atoms with Crippen LogP contribution < -0.4 is 9.47 Å². The van der Waals surface area contributed by atoms with Crippen molar-refractivity contribution in [1.29, 1.82) is 0 Å². The molecule has 5 nitrogen and oxygen atoms in total. The third-order valence-corrected chi connectivity index (χ3v) is 2.47. The number of aliphatic carboxylic acids is 1. The van der Waals surface area contributed by atoms with Crippen LogP contribution in [0, 0.1) is 0 Å². The molecule has 0 bridgehead atoms. The molecule has 0 amide bonds. The highest BCUT2D eigenvalue weighted by Crippen LogP contribution is 2.31. The van der Waals surface area contributed by atoms with E-state index in [0.717, 1.165) is 0 Å². The van der Waals surface area contributed by atoms with E-state index in [0.29, 0.717) is 17.1 Å². The average Bonchev–Trinajstić information content (AvgIpc) is 2.27. The van der Waals surface area contributed by atoms with E-state index in [-0.39, 0.29) is 0 Å². The van der Waals surface area contributed by atoms with Crippen LogP contribution in [0.2, 0.25) is 0 Å². The quantitative estimate of drug-likeness (QED) is 0.841. The monoisotopic (exact) mass is 239 g/mol. The van der Waals surface area contributed by atoms with Crippen LogP contribution in [0.3, 0.4) is 0 Å². The van der Waals surface area contributed by atoms with E-state index in [4.69, 9.17) is 9.47 Å². The predicted molar refractivity (Wildman–Crippen MR) is 63.6 cm³/mol. The molecule has 94 valence electrons. The molecule has 17 heavy (non-hydrogen) atoms. The van der Waals surface area contributed by atoms with Crippen LogP contribution in [-0.4, -0.2) is 44.3 Å². The van der Waals surface area contributed by atoms with Crippen LogP contribution >= 0.6 is 0 Å². The number of benzene rings is 1. The maximum atomic E-state index is 11.2. The second kappa shape index (κ2) is 5.54. The second-order valence-corrected chi connectivity index (χ2v) is 3.82. The van der Waals surface area contributed by atoms with Gasteiger partial charge in [-0.05, 0) is 31.8 Å². The van der Waals surface area contributed by atoms with Crippen molar-refractivity contribution in [1.82, 2.24) is 4.90 Å². The van der Waals surface area contributed by atoms with Crippen molar-refractivity contribution in [2.45, 2.75) is 6.04 Å². The van der Waals surface area contributed by atoms with Gasteiger partial charge >= 0.3 is 5.97 Å². The van der Waals surface area contributed by atoms with Crippen molar-refractivity contribution >= 4 is 5.97 Å². The molecule has 0 heterocycles. The summed E-state index contributed by atoms with van der Waals surface area (Å²) in [6.45, 7) is 0. The zero-order chi connectivity index (χ0) is 13.0. The Labute approximate surface area is 101 Å². The molecule has 0 aliphatic heterocycles. The molecule has 1 aromatic carbocycles. The van der Waals surface area contributed by atoms with Crippen LogP contribution in [0.4, 0.5) is 0 Å². The van der Waals surface area contributed by atoms with E-state index >= 15 is 0 Å². The summed E-state index contributed by atoms with van der Waals surface area (Å²) in [5.41, 5.74) is 0.653. The van der Waals surface area contributed by atoms with E-state index in [1.54, 1.807) is 37.2 Å². The van der Waals surface area contributed by atoms with Gasteiger partial charge in [-0.2, -0.15) is 0 Å². The Balaban J connectivity index is 3.17. The van der Waals surface area contributed by atoms with Gasteiger partial charge in [-0.15, -0.1) is 0 Å². The number of nitrogens with zero attached hydrogens (tertiary/aromatic N) is 1. The molecule has 0 radical (unpaired) electrons. The predicted octanol–water partition coefficient (Wildman–Crippen LogP) is 1.39. The van der Waals surface area contributed by atoms with E-state index in [1.807, 2.05) is 0 Å². The zero-order valence-corrected chi connectivity index (χ0v) is 10.4. The van der Waals surface area contributed by atoms with Gasteiger partial charge in [0.1, 0.15) is 6.04 Å². The number of carbonyl (C=O) groups is 1. The molecule has 1 rings (SSSR count). The van der Waals surface area contributed by atoms with Gasteiger partial charge in [-0.25, -0.2) is 0 Å². The number of carboxylic acid groups (broad SMARTS) is 1. The highest BCUT2D eigenvalue weighted by molar-refractivity contribution is 5.75. The van der Waals surface area contributed by atoms with Gasteiger partial charge in [-0.3, -0.25) is 9.69 Å². The Bertz CT molecular complexity index is 403. The molecule has 1 N–H and O–H groups in total. The van der Waals surface area contributed by atoms with Gasteiger partial charge in [0.2, 0.25) is 0 Å². The van der Waals surface area contributed by atoms with E-state index in [9.17, 15) is 9.90 Å². The largest absolute Gasteiger partial charge is 0.493 e. The summed E-state index contributed by atoms with van der Waals surface area (Å²) >= 11 is 0. The Morgan fingerprint density at radius 1 is 1.24 bits per heavy atom. The lowest BCUT2D eigenvalue weighted by molar-refractivity contribution is -0.142. The fourth-order valence-electron chi connectivity index (χ4n) is 1.68. The molecule has 0 spiro atoms. The molecular weight excluding hydrogens is 222 g/mol. The van der Waals surface area contributed by atoms with E-state index in [2.05, 4.69) is 0 Å². The minimum atomic E-state index is -0.901. The molecule has 0 saturated carbocycles.